The van der Waals surface area contributed by atoms with E-state index in [0.29, 0.717) is 27.1 Å². The molecule has 1 aromatic carbocycles. The molecule has 0 saturated heterocycles. The Labute approximate surface area is 206 Å². The molecule has 2 heterocycles. The van der Waals surface area contributed by atoms with Crippen molar-refractivity contribution in [2.75, 3.05) is 11.1 Å². The summed E-state index contributed by atoms with van der Waals surface area (Å²) in [6, 6.07) is 9.30. The third-order valence-electron chi connectivity index (χ3n) is 5.75. The molecule has 1 aliphatic carbocycles. The molecule has 0 aliphatic heterocycles. The van der Waals surface area contributed by atoms with Crippen LogP contribution in [0.2, 0.25) is 0 Å². The Hall–Kier alpha value is -3.16. The van der Waals surface area contributed by atoms with Crippen LogP contribution in [0.5, 0.6) is 0 Å². The summed E-state index contributed by atoms with van der Waals surface area (Å²) in [4.78, 5) is 26.4. The number of nitriles is 1. The van der Waals surface area contributed by atoms with Gasteiger partial charge >= 0.3 is 0 Å². The minimum atomic E-state index is -0.357. The van der Waals surface area contributed by atoms with Gasteiger partial charge in [-0.2, -0.15) is 5.26 Å². The highest BCUT2D eigenvalue weighted by molar-refractivity contribution is 7.99. The van der Waals surface area contributed by atoms with E-state index in [1.54, 1.807) is 10.6 Å². The van der Waals surface area contributed by atoms with E-state index in [-0.39, 0.29) is 23.6 Å². The van der Waals surface area contributed by atoms with Gasteiger partial charge in [0.05, 0.1) is 17.4 Å². The molecule has 2 aromatic heterocycles. The molecule has 10 heteroatoms. The van der Waals surface area contributed by atoms with Crippen LogP contribution in [0.25, 0.3) is 0 Å². The van der Waals surface area contributed by atoms with Crippen molar-refractivity contribution in [2.24, 2.45) is 7.05 Å². The first kappa shape index (κ1) is 24.0. The Morgan fingerprint density at radius 1 is 1.29 bits per heavy atom. The third-order valence-corrected chi connectivity index (χ3v) is 7.98. The molecule has 0 fully saturated rings. The zero-order valence-electron chi connectivity index (χ0n) is 19.3. The SMILES string of the molecule is Cc1cccc(C(=O)N[C@H](C)c2nnc(SCC(=O)Nc3sc4c(c3C#N)CCCC4)n2C)c1. The highest BCUT2D eigenvalue weighted by Gasteiger charge is 2.23. The number of carbonyl (C=O) groups excluding carboxylic acids is 2. The molecule has 176 valence electrons. The Kier molecular flexibility index (Phi) is 7.34. The van der Waals surface area contributed by atoms with E-state index in [1.807, 2.05) is 39.1 Å². The van der Waals surface area contributed by atoms with Gasteiger partial charge in [-0.3, -0.25) is 9.59 Å². The largest absolute Gasteiger partial charge is 0.342 e. The number of thiophene rings is 1. The number of amides is 2. The molecule has 34 heavy (non-hydrogen) atoms. The molecule has 0 spiro atoms. The van der Waals surface area contributed by atoms with E-state index in [4.69, 9.17) is 0 Å². The molecule has 0 unspecified atom stereocenters. The van der Waals surface area contributed by atoms with Crippen LogP contribution >= 0.6 is 23.1 Å². The van der Waals surface area contributed by atoms with Crippen molar-refractivity contribution in [1.29, 1.82) is 5.26 Å². The van der Waals surface area contributed by atoms with Gasteiger partial charge in [-0.1, -0.05) is 29.5 Å². The van der Waals surface area contributed by atoms with Gasteiger partial charge in [0.2, 0.25) is 5.91 Å². The number of benzene rings is 1. The minimum absolute atomic E-state index is 0.142. The van der Waals surface area contributed by atoms with Crippen LogP contribution in [0.3, 0.4) is 0 Å². The Morgan fingerprint density at radius 3 is 2.85 bits per heavy atom. The van der Waals surface area contributed by atoms with Crippen LogP contribution in [0, 0.1) is 18.3 Å². The number of hydrogen-bond donors (Lipinski definition) is 2. The number of rotatable bonds is 7. The van der Waals surface area contributed by atoms with Crippen molar-refractivity contribution in [1.82, 2.24) is 20.1 Å². The summed E-state index contributed by atoms with van der Waals surface area (Å²) in [6.07, 6.45) is 4.08. The number of fused-ring (bicyclic) bond motifs is 1. The Balaban J connectivity index is 1.36. The topological polar surface area (TPSA) is 113 Å². The van der Waals surface area contributed by atoms with Crippen molar-refractivity contribution in [2.45, 2.75) is 50.7 Å². The molecule has 2 amide bonds. The first-order valence-electron chi connectivity index (χ1n) is 11.1. The quantitative estimate of drug-likeness (QED) is 0.477. The zero-order valence-corrected chi connectivity index (χ0v) is 21.0. The number of aromatic nitrogens is 3. The predicted molar refractivity (Wildman–Crippen MR) is 133 cm³/mol. The van der Waals surface area contributed by atoms with Crippen LogP contribution < -0.4 is 10.6 Å². The zero-order chi connectivity index (χ0) is 24.2. The molecule has 0 radical (unpaired) electrons. The van der Waals surface area contributed by atoms with E-state index in [9.17, 15) is 14.9 Å². The maximum Gasteiger partial charge on any atom is 0.251 e. The van der Waals surface area contributed by atoms with Crippen LogP contribution in [0.15, 0.2) is 29.4 Å². The van der Waals surface area contributed by atoms with Gasteiger partial charge < -0.3 is 15.2 Å². The highest BCUT2D eigenvalue weighted by Crippen LogP contribution is 2.37. The molecule has 1 atom stereocenters. The molecule has 8 nitrogen and oxygen atoms in total. The Bertz CT molecular complexity index is 1270. The van der Waals surface area contributed by atoms with E-state index >= 15 is 0 Å². The number of nitrogens with zero attached hydrogens (tertiary/aromatic N) is 4. The van der Waals surface area contributed by atoms with Gasteiger partial charge in [-0.25, -0.2) is 0 Å². The van der Waals surface area contributed by atoms with E-state index < -0.39 is 0 Å². The lowest BCUT2D eigenvalue weighted by Crippen LogP contribution is -2.28. The minimum Gasteiger partial charge on any atom is -0.342 e. The number of aryl methyl sites for hydroxylation is 2. The molecule has 4 rings (SSSR count). The molecule has 0 bridgehead atoms. The van der Waals surface area contributed by atoms with Crippen LogP contribution in [-0.4, -0.2) is 32.3 Å². The van der Waals surface area contributed by atoms with E-state index in [0.717, 1.165) is 36.8 Å². The Morgan fingerprint density at radius 2 is 2.09 bits per heavy atom. The second-order valence-electron chi connectivity index (χ2n) is 8.33. The summed E-state index contributed by atoms with van der Waals surface area (Å²) in [7, 11) is 1.81. The lowest BCUT2D eigenvalue weighted by Gasteiger charge is -2.14. The molecule has 3 aromatic rings. The fourth-order valence-corrected chi connectivity index (χ4v) is 6.00. The first-order valence-corrected chi connectivity index (χ1v) is 12.9. The summed E-state index contributed by atoms with van der Waals surface area (Å²) < 4.78 is 1.78. The van der Waals surface area contributed by atoms with Crippen LogP contribution in [0.4, 0.5) is 5.00 Å². The monoisotopic (exact) mass is 494 g/mol. The normalized spacial score (nSPS) is 13.6. The smallest absolute Gasteiger partial charge is 0.251 e. The van der Waals surface area contributed by atoms with Gasteiger partial charge in [0, 0.05) is 17.5 Å². The fraction of sp³-hybridized carbons (Fsp3) is 0.375. The van der Waals surface area contributed by atoms with E-state index in [2.05, 4.69) is 26.9 Å². The summed E-state index contributed by atoms with van der Waals surface area (Å²) in [6.45, 7) is 3.79. The van der Waals surface area contributed by atoms with Gasteiger partial charge in [0.25, 0.3) is 5.91 Å². The van der Waals surface area contributed by atoms with Crippen molar-refractivity contribution in [3.05, 3.63) is 57.2 Å². The van der Waals surface area contributed by atoms with Crippen molar-refractivity contribution in [3.63, 3.8) is 0 Å². The molecule has 2 N–H and O–H groups in total. The average molecular weight is 495 g/mol. The third kappa shape index (κ3) is 5.16. The summed E-state index contributed by atoms with van der Waals surface area (Å²) in [5.41, 5.74) is 3.31. The number of thioether (sulfide) groups is 1. The standard InChI is InChI=1S/C24H26N6O2S2/c1-14-7-6-8-16(11-14)22(32)26-15(2)21-28-29-24(30(21)3)33-13-20(31)27-23-18(12-25)17-9-4-5-10-19(17)34-23/h6-8,11,15H,4-5,9-10,13H2,1-3H3,(H,26,32)(H,27,31)/t15-/m1/s1. The van der Waals surface area contributed by atoms with Gasteiger partial charge in [-0.15, -0.1) is 21.5 Å². The fourth-order valence-electron chi connectivity index (χ4n) is 4.02. The van der Waals surface area contributed by atoms with Gasteiger partial charge in [0.15, 0.2) is 11.0 Å². The first-order chi connectivity index (χ1) is 16.4. The number of carbonyl (C=O) groups is 2. The summed E-state index contributed by atoms with van der Waals surface area (Å²) >= 11 is 2.78. The average Bonchev–Trinajstić information content (AvgIpc) is 3.36. The van der Waals surface area contributed by atoms with Gasteiger partial charge in [0.1, 0.15) is 11.1 Å². The maximum atomic E-state index is 12.6. The van der Waals surface area contributed by atoms with E-state index in [1.165, 1.54) is 28.0 Å². The number of hydrogen-bond acceptors (Lipinski definition) is 7. The number of nitrogens with one attached hydrogen (secondary N) is 2. The van der Waals surface area contributed by atoms with Crippen molar-refractivity contribution >= 4 is 39.9 Å². The summed E-state index contributed by atoms with van der Waals surface area (Å²) in [5.74, 6) is 0.371. The second kappa shape index (κ2) is 10.4. The molecular weight excluding hydrogens is 468 g/mol. The second-order valence-corrected chi connectivity index (χ2v) is 10.4. The highest BCUT2D eigenvalue weighted by atomic mass is 32.2. The van der Waals surface area contributed by atoms with Crippen LogP contribution in [-0.2, 0) is 24.7 Å². The van der Waals surface area contributed by atoms with Crippen molar-refractivity contribution in [3.8, 4) is 6.07 Å². The molecule has 1 aliphatic rings. The van der Waals surface area contributed by atoms with Crippen molar-refractivity contribution < 1.29 is 9.59 Å². The molecule has 0 saturated carbocycles. The lowest BCUT2D eigenvalue weighted by atomic mass is 9.96. The number of anilines is 1. The van der Waals surface area contributed by atoms with Crippen LogP contribution in [0.1, 0.15) is 63.6 Å². The van der Waals surface area contributed by atoms with Gasteiger partial charge in [-0.05, 0) is 57.2 Å². The summed E-state index contributed by atoms with van der Waals surface area (Å²) in [5, 5.41) is 25.1. The maximum absolute atomic E-state index is 12.6. The lowest BCUT2D eigenvalue weighted by molar-refractivity contribution is -0.113. The predicted octanol–water partition coefficient (Wildman–Crippen LogP) is 4.16. The molecular formula is C24H26N6O2S2.